The second-order valence-corrected chi connectivity index (χ2v) is 5.59. The minimum absolute atomic E-state index is 0.556. The Labute approximate surface area is 118 Å². The summed E-state index contributed by atoms with van der Waals surface area (Å²) in [5, 5.41) is 0. The molecule has 2 aromatic rings. The number of hydrogen-bond donors (Lipinski definition) is 1. The molecule has 0 atom stereocenters. The summed E-state index contributed by atoms with van der Waals surface area (Å²) in [5.74, 6) is 2.18. The fourth-order valence-corrected chi connectivity index (χ4v) is 3.29. The van der Waals surface area contributed by atoms with Crippen LogP contribution in [0.5, 0.6) is 0 Å². The zero-order valence-corrected chi connectivity index (χ0v) is 11.5. The number of aryl methyl sites for hydroxylation is 2. The van der Waals surface area contributed by atoms with Crippen LogP contribution in [-0.4, -0.2) is 21.1 Å². The molecule has 5 heteroatoms. The molecule has 4 rings (SSSR count). The van der Waals surface area contributed by atoms with E-state index in [1.54, 1.807) is 0 Å². The van der Waals surface area contributed by atoms with Crippen LogP contribution in [0.3, 0.4) is 0 Å². The molecule has 0 fully saturated rings. The van der Waals surface area contributed by atoms with E-state index in [0.717, 1.165) is 44.1 Å². The van der Waals surface area contributed by atoms with Gasteiger partial charge in [0.1, 0.15) is 11.6 Å². The molecule has 0 saturated heterocycles. The smallest absolute Gasteiger partial charge is 0.133 e. The lowest BCUT2D eigenvalue weighted by Gasteiger charge is -2.30. The number of nitrogens with zero attached hydrogens (tertiary/aromatic N) is 4. The van der Waals surface area contributed by atoms with E-state index in [1.807, 2.05) is 12.4 Å². The van der Waals surface area contributed by atoms with E-state index in [-0.39, 0.29) is 0 Å². The van der Waals surface area contributed by atoms with Gasteiger partial charge in [-0.25, -0.2) is 9.97 Å². The van der Waals surface area contributed by atoms with Crippen molar-refractivity contribution in [1.82, 2.24) is 14.5 Å². The Morgan fingerprint density at radius 1 is 1.25 bits per heavy atom. The van der Waals surface area contributed by atoms with Gasteiger partial charge in [0.05, 0.1) is 6.54 Å². The third-order valence-corrected chi connectivity index (χ3v) is 4.37. The van der Waals surface area contributed by atoms with Gasteiger partial charge in [0, 0.05) is 43.3 Å². The summed E-state index contributed by atoms with van der Waals surface area (Å²) in [6.07, 6.45) is 7.40. The normalized spacial score (nSPS) is 17.1. The monoisotopic (exact) mass is 269 g/mol. The van der Waals surface area contributed by atoms with Crippen LogP contribution in [0.2, 0.25) is 0 Å². The van der Waals surface area contributed by atoms with Crippen molar-refractivity contribution >= 4 is 5.82 Å². The molecular weight excluding hydrogens is 250 g/mol. The lowest BCUT2D eigenvalue weighted by molar-refractivity contribution is 0.554. The number of imidazole rings is 1. The van der Waals surface area contributed by atoms with E-state index in [9.17, 15) is 0 Å². The van der Waals surface area contributed by atoms with Crippen molar-refractivity contribution in [3.8, 4) is 0 Å². The van der Waals surface area contributed by atoms with Gasteiger partial charge in [-0.15, -0.1) is 0 Å². The summed E-state index contributed by atoms with van der Waals surface area (Å²) in [6, 6.07) is 2.27. The molecule has 0 unspecified atom stereocenters. The molecule has 0 saturated carbocycles. The Balaban J connectivity index is 1.72. The summed E-state index contributed by atoms with van der Waals surface area (Å²) >= 11 is 0. The quantitative estimate of drug-likeness (QED) is 0.891. The van der Waals surface area contributed by atoms with Crippen molar-refractivity contribution in [2.45, 2.75) is 38.9 Å². The Hall–Kier alpha value is -1.88. The van der Waals surface area contributed by atoms with E-state index >= 15 is 0 Å². The Morgan fingerprint density at radius 2 is 2.20 bits per heavy atom. The number of anilines is 1. The van der Waals surface area contributed by atoms with Crippen molar-refractivity contribution in [2.24, 2.45) is 5.73 Å². The highest BCUT2D eigenvalue weighted by molar-refractivity contribution is 5.51. The maximum Gasteiger partial charge on any atom is 0.133 e. The van der Waals surface area contributed by atoms with Crippen LogP contribution in [-0.2, 0) is 32.5 Å². The van der Waals surface area contributed by atoms with Gasteiger partial charge in [0.2, 0.25) is 0 Å². The molecule has 2 aliphatic rings. The van der Waals surface area contributed by atoms with E-state index in [2.05, 4.69) is 20.5 Å². The maximum atomic E-state index is 5.94. The van der Waals surface area contributed by atoms with Crippen molar-refractivity contribution < 1.29 is 0 Å². The van der Waals surface area contributed by atoms with Gasteiger partial charge in [-0.05, 0) is 30.9 Å². The molecular formula is C15H19N5. The second kappa shape index (κ2) is 4.59. The number of aromatic nitrogens is 3. The molecule has 104 valence electrons. The molecule has 5 nitrogen and oxygen atoms in total. The third-order valence-electron chi connectivity index (χ3n) is 4.37. The largest absolute Gasteiger partial charge is 0.347 e. The van der Waals surface area contributed by atoms with Gasteiger partial charge in [-0.1, -0.05) is 0 Å². The average molecular weight is 269 g/mol. The second-order valence-electron chi connectivity index (χ2n) is 5.59. The van der Waals surface area contributed by atoms with Crippen LogP contribution in [0.1, 0.15) is 29.1 Å². The number of fused-ring (bicyclic) bond motifs is 2. The van der Waals surface area contributed by atoms with Gasteiger partial charge in [-0.2, -0.15) is 0 Å². The standard InChI is InChI=1S/C15H19N5/c16-9-12-8-11-2-1-3-13(11)18-15(12)20-7-6-19-5-4-17-14(19)10-20/h4-5,8H,1-3,6-7,9-10,16H2. The molecule has 20 heavy (non-hydrogen) atoms. The van der Waals surface area contributed by atoms with Gasteiger partial charge in [-0.3, -0.25) is 0 Å². The maximum absolute atomic E-state index is 5.94. The zero-order valence-electron chi connectivity index (χ0n) is 11.5. The molecule has 2 aromatic heterocycles. The predicted octanol–water partition coefficient (Wildman–Crippen LogP) is 1.25. The van der Waals surface area contributed by atoms with Gasteiger partial charge < -0.3 is 15.2 Å². The molecule has 0 spiro atoms. The molecule has 0 radical (unpaired) electrons. The molecule has 3 heterocycles. The first kappa shape index (κ1) is 11.9. The average Bonchev–Trinajstić information content (AvgIpc) is 3.13. The van der Waals surface area contributed by atoms with Gasteiger partial charge in [0.15, 0.2) is 0 Å². The number of pyridine rings is 1. The molecule has 2 N–H and O–H groups in total. The summed E-state index contributed by atoms with van der Waals surface area (Å²) in [6.45, 7) is 3.33. The van der Waals surface area contributed by atoms with Gasteiger partial charge >= 0.3 is 0 Å². The van der Waals surface area contributed by atoms with Crippen molar-refractivity contribution in [3.63, 3.8) is 0 Å². The first-order chi connectivity index (χ1) is 9.85. The van der Waals surface area contributed by atoms with E-state index in [0.29, 0.717) is 6.54 Å². The molecule has 0 bridgehead atoms. The van der Waals surface area contributed by atoms with Crippen LogP contribution < -0.4 is 10.6 Å². The number of nitrogens with two attached hydrogens (primary N) is 1. The minimum atomic E-state index is 0.556. The molecule has 1 aliphatic carbocycles. The Bertz CT molecular complexity index is 646. The summed E-state index contributed by atoms with van der Waals surface area (Å²) in [5.41, 5.74) is 9.78. The SMILES string of the molecule is NCc1cc2c(nc1N1CCn3ccnc3C1)CCC2. The Morgan fingerprint density at radius 3 is 3.10 bits per heavy atom. The highest BCUT2D eigenvalue weighted by Gasteiger charge is 2.23. The summed E-state index contributed by atoms with van der Waals surface area (Å²) < 4.78 is 2.21. The number of rotatable bonds is 2. The van der Waals surface area contributed by atoms with Gasteiger partial charge in [0.25, 0.3) is 0 Å². The third kappa shape index (κ3) is 1.81. The van der Waals surface area contributed by atoms with Crippen LogP contribution in [0.15, 0.2) is 18.5 Å². The van der Waals surface area contributed by atoms with Crippen LogP contribution in [0.25, 0.3) is 0 Å². The highest BCUT2D eigenvalue weighted by atomic mass is 15.3. The predicted molar refractivity (Wildman–Crippen MR) is 77.4 cm³/mol. The fourth-order valence-electron chi connectivity index (χ4n) is 3.29. The van der Waals surface area contributed by atoms with Crippen molar-refractivity contribution in [3.05, 3.63) is 41.1 Å². The first-order valence-corrected chi connectivity index (χ1v) is 7.32. The number of hydrogen-bond acceptors (Lipinski definition) is 4. The van der Waals surface area contributed by atoms with Crippen LogP contribution >= 0.6 is 0 Å². The topological polar surface area (TPSA) is 60.0 Å². The summed E-state index contributed by atoms with van der Waals surface area (Å²) in [4.78, 5) is 11.7. The van der Waals surface area contributed by atoms with E-state index in [1.165, 1.54) is 23.2 Å². The Kier molecular flexibility index (Phi) is 2.73. The van der Waals surface area contributed by atoms with Crippen LogP contribution in [0.4, 0.5) is 5.82 Å². The van der Waals surface area contributed by atoms with Crippen LogP contribution in [0, 0.1) is 0 Å². The lowest BCUT2D eigenvalue weighted by atomic mass is 10.1. The minimum Gasteiger partial charge on any atom is -0.347 e. The first-order valence-electron chi connectivity index (χ1n) is 7.32. The highest BCUT2D eigenvalue weighted by Crippen LogP contribution is 2.28. The lowest BCUT2D eigenvalue weighted by Crippen LogP contribution is -2.35. The van der Waals surface area contributed by atoms with E-state index < -0.39 is 0 Å². The summed E-state index contributed by atoms with van der Waals surface area (Å²) in [7, 11) is 0. The molecule has 0 amide bonds. The molecule has 1 aliphatic heterocycles. The van der Waals surface area contributed by atoms with E-state index in [4.69, 9.17) is 10.7 Å². The molecule has 0 aromatic carbocycles. The zero-order chi connectivity index (χ0) is 13.5. The fraction of sp³-hybridized carbons (Fsp3) is 0.467. The van der Waals surface area contributed by atoms with Crippen molar-refractivity contribution in [2.75, 3.05) is 11.4 Å². The van der Waals surface area contributed by atoms with Crippen molar-refractivity contribution in [1.29, 1.82) is 0 Å².